The van der Waals surface area contributed by atoms with Crippen molar-refractivity contribution >= 4 is 17.4 Å². The molecule has 4 heteroatoms. The van der Waals surface area contributed by atoms with Crippen molar-refractivity contribution in [2.75, 3.05) is 5.32 Å². The molecular formula is C18H18N2O2. The van der Waals surface area contributed by atoms with E-state index in [0.29, 0.717) is 16.8 Å². The first-order chi connectivity index (χ1) is 10.5. The van der Waals surface area contributed by atoms with E-state index in [1.165, 1.54) is 12.3 Å². The lowest BCUT2D eigenvalue weighted by atomic mass is 10.0. The monoisotopic (exact) mass is 294 g/mol. The molecule has 0 fully saturated rings. The van der Waals surface area contributed by atoms with Gasteiger partial charge in [0.15, 0.2) is 5.78 Å². The van der Waals surface area contributed by atoms with Crippen LogP contribution in [0.25, 0.3) is 0 Å². The number of primary amides is 1. The Morgan fingerprint density at radius 1 is 1.05 bits per heavy atom. The van der Waals surface area contributed by atoms with E-state index in [9.17, 15) is 9.59 Å². The van der Waals surface area contributed by atoms with E-state index in [1.807, 2.05) is 32.0 Å². The molecule has 4 nitrogen and oxygen atoms in total. The number of para-hydroxylation sites is 1. The van der Waals surface area contributed by atoms with Crippen LogP contribution in [0.3, 0.4) is 0 Å². The number of aryl methyl sites for hydroxylation is 2. The predicted molar refractivity (Wildman–Crippen MR) is 88.0 cm³/mol. The number of hydrogen-bond donors (Lipinski definition) is 2. The van der Waals surface area contributed by atoms with Crippen LogP contribution >= 0.6 is 0 Å². The zero-order valence-electron chi connectivity index (χ0n) is 12.6. The van der Waals surface area contributed by atoms with E-state index in [0.717, 1.165) is 11.1 Å². The van der Waals surface area contributed by atoms with Gasteiger partial charge in [-0.3, -0.25) is 9.59 Å². The van der Waals surface area contributed by atoms with Gasteiger partial charge >= 0.3 is 0 Å². The van der Waals surface area contributed by atoms with Gasteiger partial charge < -0.3 is 11.1 Å². The number of allylic oxidation sites excluding steroid dienone is 1. The lowest BCUT2D eigenvalue weighted by Crippen LogP contribution is -2.13. The van der Waals surface area contributed by atoms with Gasteiger partial charge in [-0.05, 0) is 37.6 Å². The predicted octanol–water partition coefficient (Wildman–Crippen LogP) is 3.21. The third-order valence-electron chi connectivity index (χ3n) is 3.32. The highest BCUT2D eigenvalue weighted by Gasteiger charge is 2.07. The summed E-state index contributed by atoms with van der Waals surface area (Å²) in [5.74, 6) is -0.609. The zero-order valence-corrected chi connectivity index (χ0v) is 12.6. The molecule has 22 heavy (non-hydrogen) atoms. The van der Waals surface area contributed by atoms with Crippen LogP contribution in [0.1, 0.15) is 31.8 Å². The fraction of sp³-hybridized carbons (Fsp3) is 0.111. The third kappa shape index (κ3) is 3.61. The average Bonchev–Trinajstić information content (AvgIpc) is 2.50. The van der Waals surface area contributed by atoms with Crippen LogP contribution in [0, 0.1) is 13.8 Å². The smallest absolute Gasteiger partial charge is 0.250 e. The van der Waals surface area contributed by atoms with Crippen LogP contribution in [0.2, 0.25) is 0 Å². The summed E-state index contributed by atoms with van der Waals surface area (Å²) in [5, 5.41) is 2.93. The Morgan fingerprint density at radius 2 is 1.77 bits per heavy atom. The summed E-state index contributed by atoms with van der Waals surface area (Å²) in [7, 11) is 0. The molecule has 0 saturated heterocycles. The number of nitrogens with two attached hydrogens (primary N) is 1. The maximum absolute atomic E-state index is 12.2. The van der Waals surface area contributed by atoms with Crippen molar-refractivity contribution in [3.05, 3.63) is 77.0 Å². The maximum Gasteiger partial charge on any atom is 0.250 e. The molecule has 3 N–H and O–H groups in total. The molecule has 0 aromatic heterocycles. The largest absolute Gasteiger partial charge is 0.366 e. The molecule has 0 radical (unpaired) electrons. The average molecular weight is 294 g/mol. The minimum atomic E-state index is -0.516. The second kappa shape index (κ2) is 6.72. The van der Waals surface area contributed by atoms with E-state index < -0.39 is 5.91 Å². The number of hydrogen-bond acceptors (Lipinski definition) is 3. The SMILES string of the molecule is Cc1ccc(C)c(C(=O)C=CNc2ccccc2C(N)=O)c1. The molecule has 112 valence electrons. The molecule has 0 spiro atoms. The number of rotatable bonds is 5. The number of benzene rings is 2. The second-order valence-corrected chi connectivity index (χ2v) is 5.07. The van der Waals surface area contributed by atoms with Crippen molar-refractivity contribution in [3.8, 4) is 0 Å². The first kappa shape index (κ1) is 15.5. The second-order valence-electron chi connectivity index (χ2n) is 5.07. The first-order valence-corrected chi connectivity index (χ1v) is 6.92. The number of nitrogens with one attached hydrogen (secondary N) is 1. The van der Waals surface area contributed by atoms with Crippen molar-refractivity contribution in [2.45, 2.75) is 13.8 Å². The molecule has 0 saturated carbocycles. The lowest BCUT2D eigenvalue weighted by molar-refractivity contribution is 0.0999. The van der Waals surface area contributed by atoms with Gasteiger partial charge in [-0.2, -0.15) is 0 Å². The van der Waals surface area contributed by atoms with Crippen LogP contribution in [-0.2, 0) is 0 Å². The number of carbonyl (C=O) groups excluding carboxylic acids is 2. The minimum Gasteiger partial charge on any atom is -0.366 e. The molecule has 2 aromatic carbocycles. The first-order valence-electron chi connectivity index (χ1n) is 6.92. The summed E-state index contributed by atoms with van der Waals surface area (Å²) in [6.45, 7) is 3.84. The van der Waals surface area contributed by atoms with Crippen molar-refractivity contribution in [2.24, 2.45) is 5.73 Å². The van der Waals surface area contributed by atoms with E-state index >= 15 is 0 Å². The summed E-state index contributed by atoms with van der Waals surface area (Å²) in [6, 6.07) is 12.6. The fourth-order valence-electron chi connectivity index (χ4n) is 2.12. The van der Waals surface area contributed by atoms with Crippen LogP contribution in [0.4, 0.5) is 5.69 Å². The summed E-state index contributed by atoms with van der Waals surface area (Å²) < 4.78 is 0. The van der Waals surface area contributed by atoms with E-state index in [1.54, 1.807) is 24.3 Å². The topological polar surface area (TPSA) is 72.2 Å². The van der Waals surface area contributed by atoms with E-state index in [-0.39, 0.29) is 5.78 Å². The molecular weight excluding hydrogens is 276 g/mol. The number of carbonyl (C=O) groups is 2. The molecule has 2 aromatic rings. The maximum atomic E-state index is 12.2. The highest BCUT2D eigenvalue weighted by molar-refractivity contribution is 6.06. The lowest BCUT2D eigenvalue weighted by Gasteiger charge is -2.06. The molecule has 1 amide bonds. The van der Waals surface area contributed by atoms with Crippen LogP contribution in [-0.4, -0.2) is 11.7 Å². The third-order valence-corrected chi connectivity index (χ3v) is 3.32. The molecule has 0 heterocycles. The molecule has 0 atom stereocenters. The number of anilines is 1. The van der Waals surface area contributed by atoms with Gasteiger partial charge in [-0.25, -0.2) is 0 Å². The van der Waals surface area contributed by atoms with Crippen LogP contribution < -0.4 is 11.1 Å². The summed E-state index contributed by atoms with van der Waals surface area (Å²) >= 11 is 0. The highest BCUT2D eigenvalue weighted by atomic mass is 16.1. The molecule has 0 aliphatic rings. The van der Waals surface area contributed by atoms with Gasteiger partial charge in [0, 0.05) is 17.8 Å². The molecule has 2 rings (SSSR count). The Balaban J connectivity index is 2.15. The zero-order chi connectivity index (χ0) is 16.1. The van der Waals surface area contributed by atoms with Crippen molar-refractivity contribution in [1.29, 1.82) is 0 Å². The van der Waals surface area contributed by atoms with E-state index in [4.69, 9.17) is 5.73 Å². The Morgan fingerprint density at radius 3 is 2.50 bits per heavy atom. The Bertz CT molecular complexity index is 749. The van der Waals surface area contributed by atoms with Crippen molar-refractivity contribution in [3.63, 3.8) is 0 Å². The summed E-state index contributed by atoms with van der Waals surface area (Å²) in [6.07, 6.45) is 2.96. The number of ketones is 1. The van der Waals surface area contributed by atoms with Crippen molar-refractivity contribution < 1.29 is 9.59 Å². The quantitative estimate of drug-likeness (QED) is 0.657. The van der Waals surface area contributed by atoms with E-state index in [2.05, 4.69) is 5.32 Å². The van der Waals surface area contributed by atoms with Gasteiger partial charge in [0.1, 0.15) is 0 Å². The van der Waals surface area contributed by atoms with Crippen LogP contribution in [0.15, 0.2) is 54.7 Å². The molecule has 0 aliphatic carbocycles. The molecule has 0 unspecified atom stereocenters. The molecule has 0 bridgehead atoms. The van der Waals surface area contributed by atoms with Gasteiger partial charge in [-0.15, -0.1) is 0 Å². The van der Waals surface area contributed by atoms with Gasteiger partial charge in [0.25, 0.3) is 5.91 Å². The molecule has 0 aliphatic heterocycles. The highest BCUT2D eigenvalue weighted by Crippen LogP contribution is 2.15. The standard InChI is InChI=1S/C18H18N2O2/c1-12-7-8-13(2)15(11-12)17(21)9-10-20-16-6-4-3-5-14(16)18(19)22/h3-11,20H,1-2H3,(H2,19,22). The van der Waals surface area contributed by atoms with Gasteiger partial charge in [0.2, 0.25) is 0 Å². The Hall–Kier alpha value is -2.88. The van der Waals surface area contributed by atoms with Crippen molar-refractivity contribution in [1.82, 2.24) is 0 Å². The fourth-order valence-corrected chi connectivity index (χ4v) is 2.12. The van der Waals surface area contributed by atoms with Crippen LogP contribution in [0.5, 0.6) is 0 Å². The normalized spacial score (nSPS) is 10.6. The minimum absolute atomic E-state index is 0.0924. The summed E-state index contributed by atoms with van der Waals surface area (Å²) in [5.41, 5.74) is 8.89. The van der Waals surface area contributed by atoms with Gasteiger partial charge in [0.05, 0.1) is 11.3 Å². The number of amides is 1. The Labute approximate surface area is 129 Å². The summed E-state index contributed by atoms with van der Waals surface area (Å²) in [4.78, 5) is 23.5. The Kier molecular flexibility index (Phi) is 4.73. The van der Waals surface area contributed by atoms with Gasteiger partial charge in [-0.1, -0.05) is 29.8 Å².